The Morgan fingerprint density at radius 1 is 1.07 bits per heavy atom. The third kappa shape index (κ3) is 3.26. The second-order valence-corrected chi connectivity index (χ2v) is 7.50. The Hall–Kier alpha value is -2.80. The molecule has 0 radical (unpaired) electrons. The second kappa shape index (κ2) is 7.67. The highest BCUT2D eigenvalue weighted by Gasteiger charge is 2.13. The molecular formula is C21H22N4O2S. The van der Waals surface area contributed by atoms with Gasteiger partial charge in [0.15, 0.2) is 5.16 Å². The van der Waals surface area contributed by atoms with E-state index in [1.54, 1.807) is 29.5 Å². The molecule has 0 unspecified atom stereocenters. The Morgan fingerprint density at radius 3 is 2.68 bits per heavy atom. The summed E-state index contributed by atoms with van der Waals surface area (Å²) in [6.07, 6.45) is 1.02. The summed E-state index contributed by atoms with van der Waals surface area (Å²) < 4.78 is 9.18. The third-order valence-corrected chi connectivity index (χ3v) is 5.70. The van der Waals surface area contributed by atoms with E-state index in [0.29, 0.717) is 28.4 Å². The summed E-state index contributed by atoms with van der Waals surface area (Å²) in [4.78, 5) is 22.4. The Bertz CT molecular complexity index is 1210. The van der Waals surface area contributed by atoms with E-state index in [-0.39, 0.29) is 5.56 Å². The van der Waals surface area contributed by atoms with Gasteiger partial charge < -0.3 is 9.30 Å². The molecule has 2 aromatic heterocycles. The van der Waals surface area contributed by atoms with E-state index in [4.69, 9.17) is 9.72 Å². The summed E-state index contributed by atoms with van der Waals surface area (Å²) in [5.41, 5.74) is 2.72. The zero-order valence-corrected chi connectivity index (χ0v) is 17.0. The minimum atomic E-state index is -0.0629. The Kier molecular flexibility index (Phi) is 5.09. The lowest BCUT2D eigenvalue weighted by Gasteiger charge is -2.12. The van der Waals surface area contributed by atoms with Crippen LogP contribution in [0.2, 0.25) is 0 Å². The van der Waals surface area contributed by atoms with Crippen LogP contribution >= 0.6 is 11.8 Å². The van der Waals surface area contributed by atoms with Crippen LogP contribution in [0.4, 0.5) is 0 Å². The average molecular weight is 395 g/mol. The van der Waals surface area contributed by atoms with E-state index in [1.807, 2.05) is 37.3 Å². The van der Waals surface area contributed by atoms with Gasteiger partial charge in [-0.25, -0.2) is 9.97 Å². The average Bonchev–Trinajstić information content (AvgIpc) is 3.05. The quantitative estimate of drug-likeness (QED) is 0.458. The number of rotatable bonds is 6. The SMILES string of the molecule is CCCn1c(SCn2c(C)nc3ccc(OC)cc3c2=O)nc2ccccc21. The van der Waals surface area contributed by atoms with E-state index >= 15 is 0 Å². The van der Waals surface area contributed by atoms with Gasteiger partial charge in [-0.2, -0.15) is 0 Å². The van der Waals surface area contributed by atoms with Crippen LogP contribution in [0.15, 0.2) is 52.4 Å². The van der Waals surface area contributed by atoms with Crippen molar-refractivity contribution in [3.8, 4) is 5.75 Å². The first-order valence-electron chi connectivity index (χ1n) is 9.25. The van der Waals surface area contributed by atoms with Gasteiger partial charge in [0.05, 0.1) is 34.9 Å². The van der Waals surface area contributed by atoms with Crippen molar-refractivity contribution in [1.29, 1.82) is 0 Å². The first-order chi connectivity index (χ1) is 13.6. The van der Waals surface area contributed by atoms with Crippen molar-refractivity contribution in [3.63, 3.8) is 0 Å². The van der Waals surface area contributed by atoms with Gasteiger partial charge in [-0.3, -0.25) is 9.36 Å². The Labute approximate surface area is 167 Å². The fourth-order valence-electron chi connectivity index (χ4n) is 3.32. The molecule has 0 saturated carbocycles. The fraction of sp³-hybridized carbons (Fsp3) is 0.286. The van der Waals surface area contributed by atoms with Crippen LogP contribution in [0.5, 0.6) is 5.75 Å². The summed E-state index contributed by atoms with van der Waals surface area (Å²) in [6, 6.07) is 13.5. The van der Waals surface area contributed by atoms with Gasteiger partial charge >= 0.3 is 0 Å². The lowest BCUT2D eigenvalue weighted by Crippen LogP contribution is -2.23. The van der Waals surface area contributed by atoms with E-state index in [9.17, 15) is 4.79 Å². The molecule has 0 N–H and O–H groups in total. The number of ether oxygens (including phenoxy) is 1. The van der Waals surface area contributed by atoms with E-state index in [1.165, 1.54) is 0 Å². The lowest BCUT2D eigenvalue weighted by atomic mass is 10.2. The number of thioether (sulfide) groups is 1. The smallest absolute Gasteiger partial charge is 0.262 e. The predicted molar refractivity (Wildman–Crippen MR) is 113 cm³/mol. The van der Waals surface area contributed by atoms with E-state index in [0.717, 1.165) is 29.2 Å². The number of hydrogen-bond donors (Lipinski definition) is 0. The molecule has 0 spiro atoms. The molecule has 2 aromatic carbocycles. The number of imidazole rings is 1. The largest absolute Gasteiger partial charge is 0.497 e. The fourth-order valence-corrected chi connectivity index (χ4v) is 4.37. The van der Waals surface area contributed by atoms with E-state index < -0.39 is 0 Å². The van der Waals surface area contributed by atoms with Crippen LogP contribution in [0.3, 0.4) is 0 Å². The number of aromatic nitrogens is 4. The normalized spacial score (nSPS) is 11.4. The summed E-state index contributed by atoms with van der Waals surface area (Å²) >= 11 is 1.56. The molecule has 0 aliphatic carbocycles. The third-order valence-electron chi connectivity index (χ3n) is 4.74. The highest BCUT2D eigenvalue weighted by atomic mass is 32.2. The van der Waals surface area contributed by atoms with Gasteiger partial charge in [0.1, 0.15) is 11.6 Å². The van der Waals surface area contributed by atoms with Crippen LogP contribution < -0.4 is 10.3 Å². The van der Waals surface area contributed by atoms with Crippen molar-refractivity contribution in [1.82, 2.24) is 19.1 Å². The molecule has 0 aliphatic rings. The number of hydrogen-bond acceptors (Lipinski definition) is 5. The molecule has 144 valence electrons. The van der Waals surface area contributed by atoms with E-state index in [2.05, 4.69) is 22.5 Å². The first kappa shape index (κ1) is 18.6. The maximum absolute atomic E-state index is 13.0. The molecule has 0 atom stereocenters. The zero-order chi connectivity index (χ0) is 19.7. The Balaban J connectivity index is 1.72. The summed E-state index contributed by atoms with van der Waals surface area (Å²) in [5, 5.41) is 1.48. The minimum absolute atomic E-state index is 0.0629. The number of benzene rings is 2. The zero-order valence-electron chi connectivity index (χ0n) is 16.2. The van der Waals surface area contributed by atoms with Crippen molar-refractivity contribution in [3.05, 3.63) is 58.6 Å². The molecule has 28 heavy (non-hydrogen) atoms. The van der Waals surface area contributed by atoms with Gasteiger partial charge in [-0.05, 0) is 43.7 Å². The second-order valence-electron chi connectivity index (χ2n) is 6.58. The number of fused-ring (bicyclic) bond motifs is 2. The highest BCUT2D eigenvalue weighted by Crippen LogP contribution is 2.26. The summed E-state index contributed by atoms with van der Waals surface area (Å²) in [6.45, 7) is 4.91. The molecule has 4 rings (SSSR count). The predicted octanol–water partition coefficient (Wildman–Crippen LogP) is 4.22. The van der Waals surface area contributed by atoms with Gasteiger partial charge in [0.2, 0.25) is 0 Å². The number of para-hydroxylation sites is 2. The van der Waals surface area contributed by atoms with Crippen LogP contribution in [0.25, 0.3) is 21.9 Å². The standard InChI is InChI=1S/C21H22N4O2S/c1-4-11-24-19-8-6-5-7-18(19)23-21(24)28-13-25-14(2)22-17-10-9-15(27-3)12-16(17)20(25)26/h5-10,12H,4,11,13H2,1-3H3. The first-order valence-corrected chi connectivity index (χ1v) is 10.2. The molecule has 0 aliphatic heterocycles. The lowest BCUT2D eigenvalue weighted by molar-refractivity contribution is 0.415. The van der Waals surface area contributed by atoms with Crippen LogP contribution in [-0.4, -0.2) is 26.2 Å². The van der Waals surface area contributed by atoms with Crippen LogP contribution in [0.1, 0.15) is 19.2 Å². The molecule has 7 heteroatoms. The molecule has 4 aromatic rings. The van der Waals surface area contributed by atoms with Crippen LogP contribution in [0, 0.1) is 6.92 Å². The minimum Gasteiger partial charge on any atom is -0.497 e. The molecule has 0 saturated heterocycles. The molecular weight excluding hydrogens is 372 g/mol. The van der Waals surface area contributed by atoms with Crippen molar-refractivity contribution in [2.75, 3.05) is 7.11 Å². The molecule has 2 heterocycles. The topological polar surface area (TPSA) is 61.9 Å². The number of nitrogens with zero attached hydrogens (tertiary/aromatic N) is 4. The molecule has 0 amide bonds. The number of methoxy groups -OCH3 is 1. The van der Waals surface area contributed by atoms with Crippen LogP contribution in [-0.2, 0) is 12.4 Å². The highest BCUT2D eigenvalue weighted by molar-refractivity contribution is 7.98. The van der Waals surface area contributed by atoms with Gasteiger partial charge in [-0.15, -0.1) is 0 Å². The number of aryl methyl sites for hydroxylation is 2. The maximum Gasteiger partial charge on any atom is 0.262 e. The summed E-state index contributed by atoms with van der Waals surface area (Å²) in [7, 11) is 1.59. The maximum atomic E-state index is 13.0. The van der Waals surface area contributed by atoms with Crippen molar-refractivity contribution in [2.24, 2.45) is 0 Å². The molecule has 0 fully saturated rings. The van der Waals surface area contributed by atoms with Crippen molar-refractivity contribution < 1.29 is 4.74 Å². The van der Waals surface area contributed by atoms with Crippen molar-refractivity contribution in [2.45, 2.75) is 37.8 Å². The summed E-state index contributed by atoms with van der Waals surface area (Å²) in [5.74, 6) is 1.80. The molecule has 6 nitrogen and oxygen atoms in total. The monoisotopic (exact) mass is 394 g/mol. The van der Waals surface area contributed by atoms with Gasteiger partial charge in [0, 0.05) is 6.54 Å². The van der Waals surface area contributed by atoms with Crippen molar-refractivity contribution >= 4 is 33.7 Å². The molecule has 0 bridgehead atoms. The van der Waals surface area contributed by atoms with Gasteiger partial charge in [0.25, 0.3) is 5.56 Å². The Morgan fingerprint density at radius 2 is 1.89 bits per heavy atom. The van der Waals surface area contributed by atoms with Gasteiger partial charge in [-0.1, -0.05) is 30.8 Å².